The fraction of sp³-hybridized carbons (Fsp3) is 0.565. The molecule has 2 aromatic heterocycles. The van der Waals surface area contributed by atoms with Crippen molar-refractivity contribution in [2.45, 2.75) is 58.2 Å². The van der Waals surface area contributed by atoms with E-state index in [2.05, 4.69) is 52.5 Å². The van der Waals surface area contributed by atoms with Crippen LogP contribution in [0, 0.1) is 13.8 Å². The molecule has 5 rings (SSSR count). The molecule has 0 bridgehead atoms. The van der Waals surface area contributed by atoms with Gasteiger partial charge in [-0.05, 0) is 93.6 Å². The van der Waals surface area contributed by atoms with Crippen LogP contribution in [0.4, 0.5) is 0 Å². The van der Waals surface area contributed by atoms with Gasteiger partial charge in [-0.25, -0.2) is 4.68 Å². The molecule has 0 spiro atoms. The van der Waals surface area contributed by atoms with Gasteiger partial charge in [0.05, 0.1) is 22.8 Å². The molecule has 0 radical (unpaired) electrons. The number of piperidine rings is 1. The van der Waals surface area contributed by atoms with Crippen molar-refractivity contribution < 1.29 is 4.74 Å². The Balaban J connectivity index is 1.63. The van der Waals surface area contributed by atoms with Crippen molar-refractivity contribution in [1.29, 1.82) is 0 Å². The number of fused-ring (bicyclic) bond motifs is 1. The fourth-order valence-electron chi connectivity index (χ4n) is 5.05. The van der Waals surface area contributed by atoms with Gasteiger partial charge in [-0.1, -0.05) is 11.6 Å². The number of aromatic nitrogens is 4. The van der Waals surface area contributed by atoms with Crippen LogP contribution in [-0.4, -0.2) is 51.2 Å². The molecule has 4 heterocycles. The van der Waals surface area contributed by atoms with Crippen LogP contribution in [0.1, 0.15) is 55.6 Å². The van der Waals surface area contributed by atoms with Crippen LogP contribution >= 0.6 is 27.5 Å². The monoisotopic (exact) mass is 505 g/mol. The number of hydrogen-bond acceptors (Lipinski definition) is 4. The molecule has 0 amide bonds. The van der Waals surface area contributed by atoms with Crippen molar-refractivity contribution in [3.63, 3.8) is 0 Å². The van der Waals surface area contributed by atoms with Crippen molar-refractivity contribution in [1.82, 2.24) is 24.5 Å². The van der Waals surface area contributed by atoms with Gasteiger partial charge in [0.1, 0.15) is 4.60 Å². The molecule has 1 atom stereocenters. The second kappa shape index (κ2) is 8.50. The van der Waals surface area contributed by atoms with Gasteiger partial charge in [0, 0.05) is 28.8 Å². The number of hydrogen-bond donors (Lipinski definition) is 0. The largest absolute Gasteiger partial charge is 0.356 e. The molecular weight excluding hydrogens is 478 g/mol. The van der Waals surface area contributed by atoms with Gasteiger partial charge in [-0.3, -0.25) is 4.68 Å². The number of aryl methyl sites for hydroxylation is 1. The number of halogens is 2. The Labute approximate surface area is 196 Å². The highest BCUT2D eigenvalue weighted by molar-refractivity contribution is 9.10. The Bertz CT molecular complexity index is 1110. The third-order valence-electron chi connectivity index (χ3n) is 6.84. The van der Waals surface area contributed by atoms with Gasteiger partial charge in [0.15, 0.2) is 6.23 Å². The summed E-state index contributed by atoms with van der Waals surface area (Å²) in [5.41, 5.74) is 5.35. The number of rotatable bonds is 3. The molecule has 0 saturated carbocycles. The smallest absolute Gasteiger partial charge is 0.150 e. The highest BCUT2D eigenvalue weighted by atomic mass is 79.9. The Hall–Kier alpha value is -1.41. The van der Waals surface area contributed by atoms with E-state index in [1.54, 1.807) is 0 Å². The zero-order valence-corrected chi connectivity index (χ0v) is 20.7. The number of ether oxygens (including phenoxy) is 1. The van der Waals surface area contributed by atoms with E-state index in [4.69, 9.17) is 26.5 Å². The normalized spacial score (nSPS) is 21.3. The minimum Gasteiger partial charge on any atom is -0.356 e. The third kappa shape index (κ3) is 3.73. The van der Waals surface area contributed by atoms with E-state index in [0.29, 0.717) is 6.04 Å². The molecule has 3 aromatic rings. The van der Waals surface area contributed by atoms with E-state index in [1.807, 2.05) is 10.9 Å². The maximum absolute atomic E-state index is 6.93. The topological polar surface area (TPSA) is 48.1 Å². The van der Waals surface area contributed by atoms with Crippen molar-refractivity contribution in [2.24, 2.45) is 0 Å². The summed E-state index contributed by atoms with van der Waals surface area (Å²) < 4.78 is 11.1. The van der Waals surface area contributed by atoms with Crippen LogP contribution in [0.25, 0.3) is 22.0 Å². The highest BCUT2D eigenvalue weighted by Gasteiger charge is 2.28. The van der Waals surface area contributed by atoms with E-state index in [0.717, 1.165) is 88.3 Å². The second-order valence-electron chi connectivity index (χ2n) is 8.96. The molecule has 166 valence electrons. The van der Waals surface area contributed by atoms with Crippen LogP contribution in [0.3, 0.4) is 0 Å². The summed E-state index contributed by atoms with van der Waals surface area (Å²) in [7, 11) is 2.18. The lowest BCUT2D eigenvalue weighted by Gasteiger charge is -2.29. The van der Waals surface area contributed by atoms with Crippen LogP contribution in [0.2, 0.25) is 5.02 Å². The van der Waals surface area contributed by atoms with Gasteiger partial charge < -0.3 is 9.64 Å². The van der Waals surface area contributed by atoms with Gasteiger partial charge in [-0.15, -0.1) is 0 Å². The van der Waals surface area contributed by atoms with Gasteiger partial charge in [0.25, 0.3) is 0 Å². The minimum atomic E-state index is -0.00818. The first-order chi connectivity index (χ1) is 15.0. The Kier molecular flexibility index (Phi) is 5.88. The molecule has 31 heavy (non-hydrogen) atoms. The molecule has 2 saturated heterocycles. The summed E-state index contributed by atoms with van der Waals surface area (Å²) in [6.07, 6.45) is 7.42. The summed E-state index contributed by atoms with van der Waals surface area (Å²) in [6.45, 7) is 7.21. The first-order valence-corrected chi connectivity index (χ1v) is 12.3. The van der Waals surface area contributed by atoms with Crippen LogP contribution in [0.5, 0.6) is 0 Å². The lowest BCUT2D eigenvalue weighted by atomic mass is 9.99. The molecule has 0 aliphatic carbocycles. The summed E-state index contributed by atoms with van der Waals surface area (Å²) in [4.78, 5) is 2.38. The lowest BCUT2D eigenvalue weighted by Crippen LogP contribution is -2.32. The van der Waals surface area contributed by atoms with Crippen molar-refractivity contribution in [2.75, 3.05) is 26.7 Å². The Morgan fingerprint density at radius 1 is 1.10 bits per heavy atom. The highest BCUT2D eigenvalue weighted by Crippen LogP contribution is 2.44. The lowest BCUT2D eigenvalue weighted by molar-refractivity contribution is -0.0366. The maximum Gasteiger partial charge on any atom is 0.150 e. The number of benzene rings is 1. The average molecular weight is 507 g/mol. The van der Waals surface area contributed by atoms with E-state index in [9.17, 15) is 0 Å². The summed E-state index contributed by atoms with van der Waals surface area (Å²) in [6, 6.07) is 2.55. The SMILES string of the molecule is Cc1cc2c(cnn2C2CCCCO2)c(-c2c(Br)nn(C3CCN(C)CC3)c2C)c1Cl. The summed E-state index contributed by atoms with van der Waals surface area (Å²) in [5, 5.41) is 11.5. The summed E-state index contributed by atoms with van der Waals surface area (Å²) in [5.74, 6) is 0. The number of nitrogens with zero attached hydrogens (tertiary/aromatic N) is 5. The number of likely N-dealkylation sites (tertiary alicyclic amines) is 1. The summed E-state index contributed by atoms with van der Waals surface area (Å²) >= 11 is 10.7. The first kappa shape index (κ1) is 21.4. The Morgan fingerprint density at radius 3 is 2.58 bits per heavy atom. The van der Waals surface area contributed by atoms with E-state index >= 15 is 0 Å². The second-order valence-corrected chi connectivity index (χ2v) is 10.1. The van der Waals surface area contributed by atoms with E-state index in [-0.39, 0.29) is 6.23 Å². The predicted molar refractivity (Wildman–Crippen MR) is 128 cm³/mol. The molecule has 1 unspecified atom stereocenters. The molecule has 2 aliphatic rings. The van der Waals surface area contributed by atoms with Crippen molar-refractivity contribution in [3.8, 4) is 11.1 Å². The standard InChI is InChI=1S/C23H29BrClN5O/c1-14-12-18-17(13-26-30(18)19-6-4-5-11-31-19)21(22(14)25)20-15(2)29(27-23(20)24)16-7-9-28(3)10-8-16/h12-13,16,19H,4-11H2,1-3H3. The molecule has 2 aliphatic heterocycles. The van der Waals surface area contributed by atoms with Crippen molar-refractivity contribution in [3.05, 3.63) is 33.1 Å². The maximum atomic E-state index is 6.93. The van der Waals surface area contributed by atoms with Crippen LogP contribution < -0.4 is 0 Å². The van der Waals surface area contributed by atoms with Gasteiger partial charge in [-0.2, -0.15) is 10.2 Å². The van der Waals surface area contributed by atoms with Crippen LogP contribution in [0.15, 0.2) is 16.9 Å². The molecule has 2 fully saturated rings. The zero-order chi connectivity index (χ0) is 21.7. The first-order valence-electron chi connectivity index (χ1n) is 11.2. The van der Waals surface area contributed by atoms with E-state index in [1.165, 1.54) is 6.42 Å². The molecule has 8 heteroatoms. The van der Waals surface area contributed by atoms with Crippen molar-refractivity contribution >= 4 is 38.4 Å². The quantitative estimate of drug-likeness (QED) is 0.444. The van der Waals surface area contributed by atoms with E-state index < -0.39 is 0 Å². The van der Waals surface area contributed by atoms with Crippen LogP contribution in [-0.2, 0) is 4.74 Å². The van der Waals surface area contributed by atoms with Gasteiger partial charge in [0.2, 0.25) is 0 Å². The fourth-order valence-corrected chi connectivity index (χ4v) is 5.95. The van der Waals surface area contributed by atoms with Gasteiger partial charge >= 0.3 is 0 Å². The molecule has 1 aromatic carbocycles. The Morgan fingerprint density at radius 2 is 1.87 bits per heavy atom. The predicted octanol–water partition coefficient (Wildman–Crippen LogP) is 5.90. The molecule has 6 nitrogen and oxygen atoms in total. The average Bonchev–Trinajstić information content (AvgIpc) is 3.31. The molecule has 0 N–H and O–H groups in total. The molecular formula is C23H29BrClN5O. The minimum absolute atomic E-state index is 0.00818. The third-order valence-corrected chi connectivity index (χ3v) is 7.88. The zero-order valence-electron chi connectivity index (χ0n) is 18.4.